The monoisotopic (exact) mass is 275 g/mol. The van der Waals surface area contributed by atoms with Gasteiger partial charge in [0.1, 0.15) is 12.4 Å². The highest BCUT2D eigenvalue weighted by Gasteiger charge is 2.09. The topological polar surface area (TPSA) is 70.8 Å². The Morgan fingerprint density at radius 1 is 1.28 bits per heavy atom. The number of rotatable bonds is 6. The summed E-state index contributed by atoms with van der Waals surface area (Å²) in [4.78, 5) is 11.3. The van der Waals surface area contributed by atoms with Crippen LogP contribution in [0.25, 0.3) is 0 Å². The fourth-order valence-corrected chi connectivity index (χ4v) is 1.36. The van der Waals surface area contributed by atoms with E-state index >= 15 is 0 Å². The van der Waals surface area contributed by atoms with Crippen LogP contribution in [0.1, 0.15) is 15.9 Å². The second-order valence-electron chi connectivity index (χ2n) is 3.36. The molecule has 0 aromatic heterocycles. The zero-order valence-electron chi connectivity index (χ0n) is 10.5. The van der Waals surface area contributed by atoms with Gasteiger partial charge in [-0.2, -0.15) is 0 Å². The van der Waals surface area contributed by atoms with Gasteiger partial charge in [-0.25, -0.2) is 4.79 Å². The molecule has 0 aliphatic rings. The van der Waals surface area contributed by atoms with E-state index in [2.05, 4.69) is 4.74 Å². The molecule has 0 radical (unpaired) electrons. The molecule has 2 N–H and O–H groups in total. The molecule has 1 aromatic carbocycles. The number of esters is 1. The predicted molar refractivity (Wildman–Crippen MR) is 70.3 cm³/mol. The minimum absolute atomic E-state index is 0. The Morgan fingerprint density at radius 2 is 2.00 bits per heavy atom. The largest absolute Gasteiger partial charge is 0.491 e. The van der Waals surface area contributed by atoms with Crippen molar-refractivity contribution < 1.29 is 19.0 Å². The molecular weight excluding hydrogens is 258 g/mol. The first kappa shape index (κ1) is 16.7. The molecule has 6 heteroatoms. The number of halogens is 1. The molecule has 5 nitrogen and oxygen atoms in total. The van der Waals surface area contributed by atoms with E-state index in [1.165, 1.54) is 7.11 Å². The van der Waals surface area contributed by atoms with Gasteiger partial charge in [-0.1, -0.05) is 0 Å². The van der Waals surface area contributed by atoms with Crippen molar-refractivity contribution in [2.75, 3.05) is 27.4 Å². The summed E-state index contributed by atoms with van der Waals surface area (Å²) >= 11 is 0. The van der Waals surface area contributed by atoms with Crippen LogP contribution in [0.4, 0.5) is 0 Å². The maximum atomic E-state index is 11.3. The van der Waals surface area contributed by atoms with Crippen LogP contribution < -0.4 is 10.5 Å². The molecule has 0 fully saturated rings. The Morgan fingerprint density at radius 3 is 2.56 bits per heavy atom. The van der Waals surface area contributed by atoms with Crippen LogP contribution in [-0.4, -0.2) is 33.4 Å². The number of carbonyl (C=O) groups excluding carboxylic acids is 1. The number of benzene rings is 1. The number of methoxy groups -OCH3 is 2. The first-order valence-electron chi connectivity index (χ1n) is 5.26. The third kappa shape index (κ3) is 4.52. The van der Waals surface area contributed by atoms with Crippen molar-refractivity contribution in [1.82, 2.24) is 0 Å². The van der Waals surface area contributed by atoms with Crippen molar-refractivity contribution in [2.45, 2.75) is 6.54 Å². The molecule has 0 bridgehead atoms. The number of hydrogen-bond donors (Lipinski definition) is 1. The first-order valence-corrected chi connectivity index (χ1v) is 5.26. The Hall–Kier alpha value is -1.30. The van der Waals surface area contributed by atoms with Crippen molar-refractivity contribution in [3.8, 4) is 5.75 Å². The van der Waals surface area contributed by atoms with Gasteiger partial charge in [0.2, 0.25) is 0 Å². The second-order valence-corrected chi connectivity index (χ2v) is 3.36. The molecule has 18 heavy (non-hydrogen) atoms. The van der Waals surface area contributed by atoms with Gasteiger partial charge in [0.25, 0.3) is 0 Å². The molecule has 0 spiro atoms. The van der Waals surface area contributed by atoms with Gasteiger partial charge in [-0.15, -0.1) is 12.4 Å². The summed E-state index contributed by atoms with van der Waals surface area (Å²) in [6, 6.07) is 5.03. The summed E-state index contributed by atoms with van der Waals surface area (Å²) in [7, 11) is 2.95. The molecular formula is C12H18ClNO4. The Balaban J connectivity index is 0.00000289. The maximum Gasteiger partial charge on any atom is 0.337 e. The Bertz CT molecular complexity index is 384. The van der Waals surface area contributed by atoms with Crippen molar-refractivity contribution in [2.24, 2.45) is 5.73 Å². The lowest BCUT2D eigenvalue weighted by molar-refractivity contribution is 0.0600. The average molecular weight is 276 g/mol. The van der Waals surface area contributed by atoms with Crippen LogP contribution in [0.3, 0.4) is 0 Å². The minimum Gasteiger partial charge on any atom is -0.491 e. The van der Waals surface area contributed by atoms with Crippen LogP contribution in [0.15, 0.2) is 18.2 Å². The zero-order chi connectivity index (χ0) is 12.7. The van der Waals surface area contributed by atoms with Gasteiger partial charge in [-0.3, -0.25) is 0 Å². The fraction of sp³-hybridized carbons (Fsp3) is 0.417. The summed E-state index contributed by atoms with van der Waals surface area (Å²) in [6.45, 7) is 1.25. The quantitative estimate of drug-likeness (QED) is 0.627. The summed E-state index contributed by atoms with van der Waals surface area (Å²) in [5.74, 6) is 0.278. The fourth-order valence-electron chi connectivity index (χ4n) is 1.36. The van der Waals surface area contributed by atoms with Gasteiger partial charge in [0.05, 0.1) is 19.3 Å². The van der Waals surface area contributed by atoms with Crippen molar-refractivity contribution in [3.63, 3.8) is 0 Å². The van der Waals surface area contributed by atoms with Crippen molar-refractivity contribution in [3.05, 3.63) is 29.3 Å². The standard InChI is InChI=1S/C12H17NO4.ClH/c1-15-5-6-17-11-4-3-9(12(14)16-2)7-10(11)8-13;/h3-4,7H,5-6,8,13H2,1-2H3;1H. The lowest BCUT2D eigenvalue weighted by Gasteiger charge is -2.11. The highest BCUT2D eigenvalue weighted by atomic mass is 35.5. The summed E-state index contributed by atoms with van der Waals surface area (Å²) < 4.78 is 15.0. The molecule has 0 saturated heterocycles. The number of ether oxygens (including phenoxy) is 3. The summed E-state index contributed by atoms with van der Waals surface area (Å²) in [5, 5.41) is 0. The predicted octanol–water partition coefficient (Wildman–Crippen LogP) is 1.38. The number of hydrogen-bond acceptors (Lipinski definition) is 5. The molecule has 1 aromatic rings. The molecule has 0 heterocycles. The van der Waals surface area contributed by atoms with Crippen LogP contribution >= 0.6 is 12.4 Å². The van der Waals surface area contributed by atoms with E-state index in [4.69, 9.17) is 15.2 Å². The van der Waals surface area contributed by atoms with E-state index in [1.807, 2.05) is 0 Å². The van der Waals surface area contributed by atoms with Crippen LogP contribution in [0, 0.1) is 0 Å². The molecule has 1 rings (SSSR count). The molecule has 0 amide bonds. The summed E-state index contributed by atoms with van der Waals surface area (Å²) in [5.41, 5.74) is 6.83. The van der Waals surface area contributed by atoms with Gasteiger partial charge in [0, 0.05) is 19.2 Å². The summed E-state index contributed by atoms with van der Waals surface area (Å²) in [6.07, 6.45) is 0. The first-order chi connectivity index (χ1) is 8.22. The third-order valence-corrected chi connectivity index (χ3v) is 2.25. The Labute approximate surface area is 113 Å². The minimum atomic E-state index is -0.386. The van der Waals surface area contributed by atoms with E-state index in [0.29, 0.717) is 31.1 Å². The highest BCUT2D eigenvalue weighted by molar-refractivity contribution is 5.89. The van der Waals surface area contributed by atoms with Crippen LogP contribution in [-0.2, 0) is 16.0 Å². The van der Waals surface area contributed by atoms with E-state index in [0.717, 1.165) is 5.56 Å². The van der Waals surface area contributed by atoms with Crippen molar-refractivity contribution in [1.29, 1.82) is 0 Å². The van der Waals surface area contributed by atoms with E-state index in [9.17, 15) is 4.79 Å². The second kappa shape index (κ2) is 8.74. The lowest BCUT2D eigenvalue weighted by Crippen LogP contribution is -2.09. The Kier molecular flexibility index (Phi) is 8.11. The zero-order valence-corrected chi connectivity index (χ0v) is 11.3. The number of carbonyl (C=O) groups is 1. The normalized spacial score (nSPS) is 9.50. The lowest BCUT2D eigenvalue weighted by atomic mass is 10.1. The van der Waals surface area contributed by atoms with E-state index < -0.39 is 0 Å². The molecule has 0 aliphatic carbocycles. The third-order valence-electron chi connectivity index (χ3n) is 2.25. The van der Waals surface area contributed by atoms with Gasteiger partial charge >= 0.3 is 5.97 Å². The molecule has 0 unspecified atom stereocenters. The van der Waals surface area contributed by atoms with Gasteiger partial charge in [-0.05, 0) is 18.2 Å². The van der Waals surface area contributed by atoms with E-state index in [-0.39, 0.29) is 18.4 Å². The van der Waals surface area contributed by atoms with E-state index in [1.54, 1.807) is 25.3 Å². The van der Waals surface area contributed by atoms with Crippen LogP contribution in [0.2, 0.25) is 0 Å². The highest BCUT2D eigenvalue weighted by Crippen LogP contribution is 2.20. The smallest absolute Gasteiger partial charge is 0.337 e. The van der Waals surface area contributed by atoms with Gasteiger partial charge < -0.3 is 19.9 Å². The average Bonchev–Trinajstić information content (AvgIpc) is 2.38. The SMILES string of the molecule is COCCOc1ccc(C(=O)OC)cc1CN.Cl. The molecule has 0 aliphatic heterocycles. The molecule has 0 atom stereocenters. The molecule has 0 saturated carbocycles. The van der Waals surface area contributed by atoms with Crippen molar-refractivity contribution >= 4 is 18.4 Å². The van der Waals surface area contributed by atoms with Crippen LogP contribution in [0.5, 0.6) is 5.75 Å². The maximum absolute atomic E-state index is 11.3. The molecule has 102 valence electrons. The number of nitrogens with two attached hydrogens (primary N) is 1. The van der Waals surface area contributed by atoms with Gasteiger partial charge in [0.15, 0.2) is 0 Å².